The molecule has 1 aliphatic heterocycles. The van der Waals surface area contributed by atoms with Crippen LogP contribution in [0.2, 0.25) is 0 Å². The van der Waals surface area contributed by atoms with E-state index in [0.29, 0.717) is 5.75 Å². The van der Waals surface area contributed by atoms with Crippen molar-refractivity contribution >= 4 is 5.69 Å². The molecule has 0 aromatic heterocycles. The van der Waals surface area contributed by atoms with Gasteiger partial charge in [0.2, 0.25) is 0 Å². The van der Waals surface area contributed by atoms with Crippen LogP contribution in [0.1, 0.15) is 13.3 Å². The van der Waals surface area contributed by atoms with E-state index in [0.717, 1.165) is 31.9 Å². The molecule has 3 heteroatoms. The van der Waals surface area contributed by atoms with E-state index in [1.165, 1.54) is 13.0 Å². The number of benzene rings is 1. The molecule has 0 aliphatic carbocycles. The number of aromatic hydroxyl groups is 1. The molecule has 0 spiro atoms. The number of phenolic OH excluding ortho intramolecular Hbond substituents is 1. The van der Waals surface area contributed by atoms with E-state index >= 15 is 0 Å². The van der Waals surface area contributed by atoms with Gasteiger partial charge < -0.3 is 10.0 Å². The molecule has 0 radical (unpaired) electrons. The number of anilines is 1. The van der Waals surface area contributed by atoms with Crippen molar-refractivity contribution in [1.29, 1.82) is 0 Å². The van der Waals surface area contributed by atoms with E-state index in [9.17, 15) is 5.11 Å². The Kier molecular flexibility index (Phi) is 3.67. The monoisotopic (exact) mass is 220 g/mol. The highest BCUT2D eigenvalue weighted by molar-refractivity contribution is 5.57. The van der Waals surface area contributed by atoms with Crippen LogP contribution in [0.25, 0.3) is 0 Å². The zero-order chi connectivity index (χ0) is 11.4. The smallest absolute Gasteiger partial charge is 0.138 e. The van der Waals surface area contributed by atoms with Crippen molar-refractivity contribution in [2.24, 2.45) is 0 Å². The molecule has 16 heavy (non-hydrogen) atoms. The second-order valence-electron chi connectivity index (χ2n) is 4.32. The van der Waals surface area contributed by atoms with Crippen LogP contribution in [0.15, 0.2) is 24.3 Å². The van der Waals surface area contributed by atoms with Crippen LogP contribution in [0.5, 0.6) is 5.75 Å². The van der Waals surface area contributed by atoms with E-state index in [1.54, 1.807) is 6.07 Å². The standard InChI is InChI=1S/C13H20N2O/c1-2-7-14-8-10-15(11-9-14)12-5-3-4-6-13(12)16/h3-6,16H,2,7-11H2,1H3. The normalized spacial score (nSPS) is 17.7. The van der Waals surface area contributed by atoms with E-state index in [4.69, 9.17) is 0 Å². The minimum atomic E-state index is 0.395. The summed E-state index contributed by atoms with van der Waals surface area (Å²) in [6, 6.07) is 7.60. The maximum atomic E-state index is 9.78. The summed E-state index contributed by atoms with van der Waals surface area (Å²) < 4.78 is 0. The Balaban J connectivity index is 1.96. The maximum Gasteiger partial charge on any atom is 0.138 e. The topological polar surface area (TPSA) is 26.7 Å². The summed E-state index contributed by atoms with van der Waals surface area (Å²) in [6.07, 6.45) is 1.22. The third kappa shape index (κ3) is 2.47. The summed E-state index contributed by atoms with van der Waals surface area (Å²) in [6.45, 7) is 7.63. The van der Waals surface area contributed by atoms with Gasteiger partial charge in [-0.2, -0.15) is 0 Å². The molecule has 2 rings (SSSR count). The Morgan fingerprint density at radius 3 is 2.44 bits per heavy atom. The van der Waals surface area contributed by atoms with Crippen molar-refractivity contribution in [3.05, 3.63) is 24.3 Å². The fourth-order valence-electron chi connectivity index (χ4n) is 2.26. The zero-order valence-electron chi connectivity index (χ0n) is 9.89. The highest BCUT2D eigenvalue weighted by Crippen LogP contribution is 2.27. The fourth-order valence-corrected chi connectivity index (χ4v) is 2.26. The van der Waals surface area contributed by atoms with Crippen molar-refractivity contribution in [3.8, 4) is 5.75 Å². The highest BCUT2D eigenvalue weighted by atomic mass is 16.3. The van der Waals surface area contributed by atoms with Crippen LogP contribution in [0.3, 0.4) is 0 Å². The van der Waals surface area contributed by atoms with E-state index < -0.39 is 0 Å². The van der Waals surface area contributed by atoms with Crippen molar-refractivity contribution in [1.82, 2.24) is 4.90 Å². The van der Waals surface area contributed by atoms with Gasteiger partial charge in [-0.1, -0.05) is 19.1 Å². The Labute approximate surface area is 97.3 Å². The first-order valence-corrected chi connectivity index (χ1v) is 6.06. The van der Waals surface area contributed by atoms with Crippen molar-refractivity contribution in [2.75, 3.05) is 37.6 Å². The van der Waals surface area contributed by atoms with Crippen LogP contribution in [-0.4, -0.2) is 42.7 Å². The van der Waals surface area contributed by atoms with Crippen LogP contribution in [0, 0.1) is 0 Å². The Morgan fingerprint density at radius 1 is 1.12 bits per heavy atom. The second-order valence-corrected chi connectivity index (χ2v) is 4.32. The van der Waals surface area contributed by atoms with Crippen molar-refractivity contribution < 1.29 is 5.11 Å². The molecule has 0 unspecified atom stereocenters. The number of nitrogens with zero attached hydrogens (tertiary/aromatic N) is 2. The SMILES string of the molecule is CCCN1CCN(c2ccccc2O)CC1. The Hall–Kier alpha value is -1.22. The van der Waals surface area contributed by atoms with Crippen molar-refractivity contribution in [2.45, 2.75) is 13.3 Å². The first-order valence-electron chi connectivity index (χ1n) is 6.06. The zero-order valence-corrected chi connectivity index (χ0v) is 9.89. The Bertz CT molecular complexity index is 332. The molecule has 0 amide bonds. The van der Waals surface area contributed by atoms with Gasteiger partial charge in [-0.15, -0.1) is 0 Å². The van der Waals surface area contributed by atoms with Gasteiger partial charge in [0, 0.05) is 26.2 Å². The van der Waals surface area contributed by atoms with Gasteiger partial charge in [-0.3, -0.25) is 4.90 Å². The first-order chi connectivity index (χ1) is 7.81. The summed E-state index contributed by atoms with van der Waals surface area (Å²) in [5.41, 5.74) is 0.971. The molecular formula is C13H20N2O. The summed E-state index contributed by atoms with van der Waals surface area (Å²) >= 11 is 0. The molecule has 1 aliphatic rings. The predicted octanol–water partition coefficient (Wildman–Crippen LogP) is 1.92. The van der Waals surface area contributed by atoms with E-state index in [2.05, 4.69) is 16.7 Å². The molecule has 0 atom stereocenters. The molecule has 1 aromatic rings. The van der Waals surface area contributed by atoms with Gasteiger partial charge >= 0.3 is 0 Å². The molecule has 88 valence electrons. The first kappa shape index (κ1) is 11.3. The lowest BCUT2D eigenvalue weighted by Crippen LogP contribution is -2.46. The Morgan fingerprint density at radius 2 is 1.81 bits per heavy atom. The number of phenols is 1. The third-order valence-electron chi connectivity index (χ3n) is 3.13. The maximum absolute atomic E-state index is 9.78. The molecule has 1 fully saturated rings. The average Bonchev–Trinajstić information content (AvgIpc) is 2.31. The second kappa shape index (κ2) is 5.21. The van der Waals surface area contributed by atoms with Gasteiger partial charge in [0.1, 0.15) is 5.75 Å². The lowest BCUT2D eigenvalue weighted by molar-refractivity contribution is 0.258. The number of hydrogen-bond acceptors (Lipinski definition) is 3. The number of hydrogen-bond donors (Lipinski definition) is 1. The minimum absolute atomic E-state index is 0.395. The van der Waals surface area contributed by atoms with E-state index in [-0.39, 0.29) is 0 Å². The fraction of sp³-hybridized carbons (Fsp3) is 0.538. The van der Waals surface area contributed by atoms with Crippen LogP contribution >= 0.6 is 0 Å². The van der Waals surface area contributed by atoms with Gasteiger partial charge in [0.15, 0.2) is 0 Å². The third-order valence-corrected chi connectivity index (χ3v) is 3.13. The molecule has 1 heterocycles. The van der Waals surface area contributed by atoms with Gasteiger partial charge in [0.25, 0.3) is 0 Å². The quantitative estimate of drug-likeness (QED) is 0.843. The van der Waals surface area contributed by atoms with Gasteiger partial charge in [-0.05, 0) is 25.1 Å². The molecule has 0 bridgehead atoms. The summed E-state index contributed by atoms with van der Waals surface area (Å²) in [7, 11) is 0. The van der Waals surface area contributed by atoms with E-state index in [1.807, 2.05) is 18.2 Å². The number of para-hydroxylation sites is 2. The highest BCUT2D eigenvalue weighted by Gasteiger charge is 2.17. The predicted molar refractivity (Wildman–Crippen MR) is 67.1 cm³/mol. The van der Waals surface area contributed by atoms with Gasteiger partial charge in [0.05, 0.1) is 5.69 Å². The summed E-state index contributed by atoms with van der Waals surface area (Å²) in [5, 5.41) is 9.78. The molecule has 0 saturated carbocycles. The number of piperazine rings is 1. The summed E-state index contributed by atoms with van der Waals surface area (Å²) in [5.74, 6) is 0.395. The lowest BCUT2D eigenvalue weighted by atomic mass is 10.2. The van der Waals surface area contributed by atoms with Crippen LogP contribution < -0.4 is 4.90 Å². The molecule has 1 aromatic carbocycles. The minimum Gasteiger partial charge on any atom is -0.506 e. The van der Waals surface area contributed by atoms with Crippen molar-refractivity contribution in [3.63, 3.8) is 0 Å². The molecular weight excluding hydrogens is 200 g/mol. The molecule has 1 N–H and O–H groups in total. The molecule has 3 nitrogen and oxygen atoms in total. The average molecular weight is 220 g/mol. The molecule has 1 saturated heterocycles. The number of rotatable bonds is 3. The lowest BCUT2D eigenvalue weighted by Gasteiger charge is -2.36. The van der Waals surface area contributed by atoms with Crippen LogP contribution in [-0.2, 0) is 0 Å². The largest absolute Gasteiger partial charge is 0.506 e. The van der Waals surface area contributed by atoms with Gasteiger partial charge in [-0.25, -0.2) is 0 Å². The summed E-state index contributed by atoms with van der Waals surface area (Å²) in [4.78, 5) is 4.75. The van der Waals surface area contributed by atoms with Crippen LogP contribution in [0.4, 0.5) is 5.69 Å².